The van der Waals surface area contributed by atoms with E-state index < -0.39 is 11.5 Å². The van der Waals surface area contributed by atoms with E-state index in [-0.39, 0.29) is 12.3 Å². The van der Waals surface area contributed by atoms with E-state index in [2.05, 4.69) is 10.3 Å². The number of aliphatic carboxylic acids is 1. The second-order valence-corrected chi connectivity index (χ2v) is 5.66. The molecule has 1 fully saturated rings. The van der Waals surface area contributed by atoms with Crippen molar-refractivity contribution in [1.29, 1.82) is 0 Å². The van der Waals surface area contributed by atoms with Crippen molar-refractivity contribution in [3.63, 3.8) is 0 Å². The molecule has 2 rings (SSSR count). The summed E-state index contributed by atoms with van der Waals surface area (Å²) >= 11 is 1.53. The van der Waals surface area contributed by atoms with E-state index in [1.165, 1.54) is 11.3 Å². The molecular formula is C12H16N2O3S. The van der Waals surface area contributed by atoms with Gasteiger partial charge in [0.2, 0.25) is 5.91 Å². The topological polar surface area (TPSA) is 79.3 Å². The Bertz CT molecular complexity index is 427. The molecule has 1 saturated carbocycles. The molecule has 1 aliphatic rings. The first-order valence-corrected chi connectivity index (χ1v) is 6.89. The van der Waals surface area contributed by atoms with Crippen molar-refractivity contribution in [1.82, 2.24) is 10.3 Å². The third-order valence-electron chi connectivity index (χ3n) is 3.25. The first-order chi connectivity index (χ1) is 8.60. The van der Waals surface area contributed by atoms with Crippen LogP contribution in [0.4, 0.5) is 0 Å². The molecule has 1 aliphatic carbocycles. The molecule has 6 heteroatoms. The summed E-state index contributed by atoms with van der Waals surface area (Å²) < 4.78 is 0. The standard InChI is InChI=1S/C12H16N2O3S/c15-9(2-3-10-13-6-7-18-10)14-12(4-1-5-12)8-11(16)17/h6-7H,1-5,8H2,(H,14,15)(H,16,17). The number of nitrogens with zero attached hydrogens (tertiary/aromatic N) is 1. The first-order valence-electron chi connectivity index (χ1n) is 6.01. The van der Waals surface area contributed by atoms with Gasteiger partial charge in [-0.2, -0.15) is 0 Å². The van der Waals surface area contributed by atoms with Crippen LogP contribution in [0.2, 0.25) is 0 Å². The molecule has 98 valence electrons. The number of hydrogen-bond acceptors (Lipinski definition) is 4. The largest absolute Gasteiger partial charge is 0.481 e. The highest BCUT2D eigenvalue weighted by Crippen LogP contribution is 2.35. The summed E-state index contributed by atoms with van der Waals surface area (Å²) in [5.74, 6) is -0.930. The van der Waals surface area contributed by atoms with Crippen molar-refractivity contribution < 1.29 is 14.7 Å². The number of thiazole rings is 1. The van der Waals surface area contributed by atoms with Crippen LogP contribution in [0.3, 0.4) is 0 Å². The molecule has 2 N–H and O–H groups in total. The number of nitrogens with one attached hydrogen (secondary N) is 1. The molecule has 0 spiro atoms. The van der Waals surface area contributed by atoms with Gasteiger partial charge in [0.25, 0.3) is 0 Å². The van der Waals surface area contributed by atoms with Gasteiger partial charge in [-0.15, -0.1) is 11.3 Å². The Labute approximate surface area is 109 Å². The Kier molecular flexibility index (Phi) is 3.96. The van der Waals surface area contributed by atoms with Crippen molar-refractivity contribution in [2.75, 3.05) is 0 Å². The number of carboxylic acid groups (broad SMARTS) is 1. The summed E-state index contributed by atoms with van der Waals surface area (Å²) in [4.78, 5) is 26.7. The highest BCUT2D eigenvalue weighted by molar-refractivity contribution is 7.09. The summed E-state index contributed by atoms with van der Waals surface area (Å²) in [5.41, 5.74) is -0.494. The van der Waals surface area contributed by atoms with Gasteiger partial charge in [0.1, 0.15) is 0 Å². The van der Waals surface area contributed by atoms with E-state index in [4.69, 9.17) is 5.11 Å². The zero-order chi connectivity index (χ0) is 13.0. The molecule has 1 amide bonds. The van der Waals surface area contributed by atoms with Crippen molar-refractivity contribution >= 4 is 23.2 Å². The number of amides is 1. The fraction of sp³-hybridized carbons (Fsp3) is 0.583. The number of rotatable bonds is 6. The highest BCUT2D eigenvalue weighted by atomic mass is 32.1. The predicted molar refractivity (Wildman–Crippen MR) is 67.4 cm³/mol. The second-order valence-electron chi connectivity index (χ2n) is 4.68. The third-order valence-corrected chi connectivity index (χ3v) is 4.09. The Hall–Kier alpha value is -1.43. The van der Waals surface area contributed by atoms with Gasteiger partial charge in [0.05, 0.1) is 17.0 Å². The Morgan fingerprint density at radius 3 is 2.78 bits per heavy atom. The van der Waals surface area contributed by atoms with Crippen LogP contribution in [-0.2, 0) is 16.0 Å². The maximum atomic E-state index is 11.8. The monoisotopic (exact) mass is 268 g/mol. The van der Waals surface area contributed by atoms with Gasteiger partial charge in [-0.1, -0.05) is 0 Å². The van der Waals surface area contributed by atoms with Gasteiger partial charge in [-0.25, -0.2) is 4.98 Å². The van der Waals surface area contributed by atoms with Gasteiger partial charge in [0, 0.05) is 24.4 Å². The van der Waals surface area contributed by atoms with E-state index in [1.54, 1.807) is 6.20 Å². The number of aromatic nitrogens is 1. The molecule has 1 aromatic rings. The van der Waals surface area contributed by atoms with Crippen LogP contribution < -0.4 is 5.32 Å². The van der Waals surface area contributed by atoms with E-state index >= 15 is 0 Å². The highest BCUT2D eigenvalue weighted by Gasteiger charge is 2.40. The normalized spacial score (nSPS) is 16.9. The lowest BCUT2D eigenvalue weighted by Gasteiger charge is -2.41. The van der Waals surface area contributed by atoms with Gasteiger partial charge in [-0.05, 0) is 19.3 Å². The quantitative estimate of drug-likeness (QED) is 0.821. The fourth-order valence-electron chi connectivity index (χ4n) is 2.19. The van der Waals surface area contributed by atoms with E-state index in [0.29, 0.717) is 12.8 Å². The van der Waals surface area contributed by atoms with Crippen molar-refractivity contribution in [3.8, 4) is 0 Å². The second kappa shape index (κ2) is 5.48. The lowest BCUT2D eigenvalue weighted by molar-refractivity contribution is -0.140. The number of aryl methyl sites for hydroxylation is 1. The molecule has 1 heterocycles. The Morgan fingerprint density at radius 2 is 2.28 bits per heavy atom. The predicted octanol–water partition coefficient (Wildman–Crippen LogP) is 1.59. The fourth-order valence-corrected chi connectivity index (χ4v) is 2.81. The van der Waals surface area contributed by atoms with E-state index in [1.807, 2.05) is 5.38 Å². The summed E-state index contributed by atoms with van der Waals surface area (Å²) in [7, 11) is 0. The first kappa shape index (κ1) is 13.0. The maximum absolute atomic E-state index is 11.8. The van der Waals surface area contributed by atoms with Gasteiger partial charge < -0.3 is 10.4 Å². The van der Waals surface area contributed by atoms with Crippen molar-refractivity contribution in [2.45, 2.75) is 44.1 Å². The smallest absolute Gasteiger partial charge is 0.305 e. The zero-order valence-electron chi connectivity index (χ0n) is 10.0. The van der Waals surface area contributed by atoms with E-state index in [0.717, 1.165) is 24.3 Å². The summed E-state index contributed by atoms with van der Waals surface area (Å²) in [5, 5.41) is 14.5. The minimum Gasteiger partial charge on any atom is -0.481 e. The minimum absolute atomic E-state index is 0.0238. The molecule has 5 nitrogen and oxygen atoms in total. The number of carbonyl (C=O) groups excluding carboxylic acids is 1. The van der Waals surface area contributed by atoms with Crippen LogP contribution in [0, 0.1) is 0 Å². The molecule has 0 radical (unpaired) electrons. The average Bonchev–Trinajstić information content (AvgIpc) is 2.75. The van der Waals surface area contributed by atoms with E-state index in [9.17, 15) is 9.59 Å². The molecule has 0 aromatic carbocycles. The number of carboxylic acids is 1. The number of hydrogen-bond donors (Lipinski definition) is 2. The summed E-state index contributed by atoms with van der Waals surface area (Å²) in [6, 6.07) is 0. The van der Waals surface area contributed by atoms with Crippen LogP contribution in [0.15, 0.2) is 11.6 Å². The molecule has 18 heavy (non-hydrogen) atoms. The Morgan fingerprint density at radius 1 is 1.50 bits per heavy atom. The summed E-state index contributed by atoms with van der Waals surface area (Å²) in [6.07, 6.45) is 5.25. The zero-order valence-corrected chi connectivity index (χ0v) is 10.8. The van der Waals surface area contributed by atoms with Crippen LogP contribution in [0.1, 0.15) is 37.1 Å². The van der Waals surface area contributed by atoms with Crippen LogP contribution in [0.5, 0.6) is 0 Å². The van der Waals surface area contributed by atoms with Crippen LogP contribution in [-0.4, -0.2) is 27.5 Å². The molecule has 1 aromatic heterocycles. The minimum atomic E-state index is -0.852. The molecule has 0 unspecified atom stereocenters. The molecule has 0 saturated heterocycles. The molecule has 0 bridgehead atoms. The van der Waals surface area contributed by atoms with Crippen molar-refractivity contribution in [2.24, 2.45) is 0 Å². The lowest BCUT2D eigenvalue weighted by Crippen LogP contribution is -2.54. The number of carbonyl (C=O) groups is 2. The van der Waals surface area contributed by atoms with Crippen LogP contribution >= 0.6 is 11.3 Å². The van der Waals surface area contributed by atoms with Gasteiger partial charge in [0.15, 0.2) is 0 Å². The van der Waals surface area contributed by atoms with Gasteiger partial charge in [-0.3, -0.25) is 9.59 Å². The van der Waals surface area contributed by atoms with Crippen molar-refractivity contribution in [3.05, 3.63) is 16.6 Å². The molecular weight excluding hydrogens is 252 g/mol. The third kappa shape index (κ3) is 3.29. The van der Waals surface area contributed by atoms with Gasteiger partial charge >= 0.3 is 5.97 Å². The Balaban J connectivity index is 1.80. The molecule has 0 aliphatic heterocycles. The summed E-state index contributed by atoms with van der Waals surface area (Å²) in [6.45, 7) is 0. The average molecular weight is 268 g/mol. The lowest BCUT2D eigenvalue weighted by atomic mass is 9.74. The SMILES string of the molecule is O=C(O)CC1(NC(=O)CCc2nccs2)CCC1. The molecule has 0 atom stereocenters. The maximum Gasteiger partial charge on any atom is 0.305 e. The van der Waals surface area contributed by atoms with Crippen LogP contribution in [0.25, 0.3) is 0 Å².